The van der Waals surface area contributed by atoms with Gasteiger partial charge in [-0.2, -0.15) is 0 Å². The van der Waals surface area contributed by atoms with Gasteiger partial charge in [0.25, 0.3) is 0 Å². The van der Waals surface area contributed by atoms with E-state index in [1.54, 1.807) is 0 Å². The van der Waals surface area contributed by atoms with E-state index in [1.165, 1.54) is 38.5 Å². The lowest BCUT2D eigenvalue weighted by molar-refractivity contribution is -0.145. The predicted octanol–water partition coefficient (Wildman–Crippen LogP) is 6.37. The molecule has 0 amide bonds. The van der Waals surface area contributed by atoms with Crippen molar-refractivity contribution in [3.63, 3.8) is 0 Å². The summed E-state index contributed by atoms with van der Waals surface area (Å²) in [6, 6.07) is 0. The minimum atomic E-state index is -0.692. The summed E-state index contributed by atoms with van der Waals surface area (Å²) in [5.41, 5.74) is 0. The molecular weight excluding hydrogens is 328 g/mol. The largest absolute Gasteiger partial charge is 0.481 e. The van der Waals surface area contributed by atoms with Crippen LogP contribution < -0.4 is 0 Å². The van der Waals surface area contributed by atoms with Gasteiger partial charge in [-0.1, -0.05) is 85.0 Å². The van der Waals surface area contributed by atoms with Crippen molar-refractivity contribution in [1.82, 2.24) is 0 Å². The van der Waals surface area contributed by atoms with Crippen molar-refractivity contribution < 1.29 is 19.4 Å². The van der Waals surface area contributed by atoms with Crippen molar-refractivity contribution in [2.45, 2.75) is 111 Å². The Bertz CT molecular complexity index is 354. The molecule has 0 spiro atoms. The first kappa shape index (κ1) is 24.9. The summed E-state index contributed by atoms with van der Waals surface area (Å²) in [5.74, 6) is 0.0828. The Kier molecular flexibility index (Phi) is 16.7. The van der Waals surface area contributed by atoms with Gasteiger partial charge >= 0.3 is 11.9 Å². The normalized spacial score (nSPS) is 13.3. The molecule has 4 nitrogen and oxygen atoms in total. The number of ether oxygens (including phenoxy) is 1. The molecule has 0 aromatic carbocycles. The third-order valence-electron chi connectivity index (χ3n) is 5.12. The Labute approximate surface area is 161 Å². The SMILES string of the molecule is CCCCC(CC)COC(=O)CCCCCCCCCC(C)CC(=O)O. The Balaban J connectivity index is 3.43. The van der Waals surface area contributed by atoms with Crippen molar-refractivity contribution in [3.8, 4) is 0 Å². The standard InChI is InChI=1S/C22H42O4/c1-4-6-15-20(5-2)18-26-22(25)16-13-11-9-7-8-10-12-14-19(3)17-21(23)24/h19-20H,4-18H2,1-3H3,(H,23,24). The van der Waals surface area contributed by atoms with Crippen LogP contribution in [-0.2, 0) is 14.3 Å². The minimum Gasteiger partial charge on any atom is -0.481 e. The zero-order valence-corrected chi connectivity index (χ0v) is 17.4. The quantitative estimate of drug-likeness (QED) is 0.225. The van der Waals surface area contributed by atoms with Gasteiger partial charge in [0.05, 0.1) is 6.61 Å². The van der Waals surface area contributed by atoms with Crippen molar-refractivity contribution in [1.29, 1.82) is 0 Å². The summed E-state index contributed by atoms with van der Waals surface area (Å²) < 4.78 is 5.42. The number of carboxylic acids is 1. The van der Waals surface area contributed by atoms with Gasteiger partial charge in [-0.05, 0) is 24.7 Å². The maximum atomic E-state index is 11.8. The van der Waals surface area contributed by atoms with Crippen LogP contribution in [0.4, 0.5) is 0 Å². The number of rotatable bonds is 18. The lowest BCUT2D eigenvalue weighted by Crippen LogP contribution is -2.13. The molecule has 0 aliphatic rings. The molecule has 26 heavy (non-hydrogen) atoms. The fourth-order valence-electron chi connectivity index (χ4n) is 3.23. The van der Waals surface area contributed by atoms with Gasteiger partial charge in [0.2, 0.25) is 0 Å². The number of carbonyl (C=O) groups is 2. The topological polar surface area (TPSA) is 63.6 Å². The number of esters is 1. The van der Waals surface area contributed by atoms with E-state index in [1.807, 2.05) is 6.92 Å². The van der Waals surface area contributed by atoms with Crippen molar-refractivity contribution in [2.24, 2.45) is 11.8 Å². The monoisotopic (exact) mass is 370 g/mol. The predicted molar refractivity (Wildman–Crippen MR) is 107 cm³/mol. The number of carbonyl (C=O) groups excluding carboxylic acids is 1. The number of unbranched alkanes of at least 4 members (excludes halogenated alkanes) is 7. The van der Waals surface area contributed by atoms with Crippen LogP contribution in [0.5, 0.6) is 0 Å². The summed E-state index contributed by atoms with van der Waals surface area (Å²) in [5, 5.41) is 8.72. The summed E-state index contributed by atoms with van der Waals surface area (Å²) >= 11 is 0. The smallest absolute Gasteiger partial charge is 0.305 e. The van der Waals surface area contributed by atoms with Crippen LogP contribution in [0.1, 0.15) is 111 Å². The minimum absolute atomic E-state index is 0.0348. The molecule has 0 bridgehead atoms. The average molecular weight is 371 g/mol. The maximum absolute atomic E-state index is 11.8. The van der Waals surface area contributed by atoms with E-state index in [9.17, 15) is 9.59 Å². The van der Waals surface area contributed by atoms with Gasteiger partial charge < -0.3 is 9.84 Å². The molecule has 0 aliphatic heterocycles. The molecule has 0 aromatic heterocycles. The van der Waals surface area contributed by atoms with Crippen molar-refractivity contribution in [3.05, 3.63) is 0 Å². The summed E-state index contributed by atoms with van der Waals surface area (Å²) in [6.07, 6.45) is 14.4. The molecule has 0 saturated heterocycles. The van der Waals surface area contributed by atoms with Gasteiger partial charge in [0.1, 0.15) is 0 Å². The summed E-state index contributed by atoms with van der Waals surface area (Å²) in [6.45, 7) is 6.97. The van der Waals surface area contributed by atoms with E-state index in [0.29, 0.717) is 18.9 Å². The molecular formula is C22H42O4. The molecule has 0 aliphatic carbocycles. The molecule has 4 heteroatoms. The first-order valence-electron chi connectivity index (χ1n) is 10.9. The molecule has 2 atom stereocenters. The van der Waals surface area contributed by atoms with Gasteiger partial charge in [-0.25, -0.2) is 0 Å². The third kappa shape index (κ3) is 16.4. The van der Waals surface area contributed by atoms with Crippen LogP contribution in [0.25, 0.3) is 0 Å². The highest BCUT2D eigenvalue weighted by Crippen LogP contribution is 2.16. The van der Waals surface area contributed by atoms with Crippen LogP contribution in [0.3, 0.4) is 0 Å². The van der Waals surface area contributed by atoms with Crippen LogP contribution >= 0.6 is 0 Å². The molecule has 0 saturated carbocycles. The highest BCUT2D eigenvalue weighted by Gasteiger charge is 2.10. The molecule has 2 unspecified atom stereocenters. The Morgan fingerprint density at radius 3 is 2.08 bits per heavy atom. The molecule has 154 valence electrons. The fourth-order valence-corrected chi connectivity index (χ4v) is 3.23. The maximum Gasteiger partial charge on any atom is 0.305 e. The van der Waals surface area contributed by atoms with Crippen LogP contribution in [0, 0.1) is 11.8 Å². The molecule has 0 heterocycles. The van der Waals surface area contributed by atoms with E-state index in [4.69, 9.17) is 9.84 Å². The van der Waals surface area contributed by atoms with Crippen LogP contribution in [0.2, 0.25) is 0 Å². The van der Waals surface area contributed by atoms with Gasteiger partial charge in [0, 0.05) is 12.8 Å². The average Bonchev–Trinajstić information content (AvgIpc) is 2.59. The van der Waals surface area contributed by atoms with E-state index >= 15 is 0 Å². The second-order valence-corrected chi connectivity index (χ2v) is 7.82. The second-order valence-electron chi connectivity index (χ2n) is 7.82. The van der Waals surface area contributed by atoms with E-state index in [-0.39, 0.29) is 18.3 Å². The highest BCUT2D eigenvalue weighted by atomic mass is 16.5. The molecule has 0 aromatic rings. The lowest BCUT2D eigenvalue weighted by Gasteiger charge is -2.14. The van der Waals surface area contributed by atoms with E-state index < -0.39 is 5.97 Å². The number of carboxylic acid groups (broad SMARTS) is 1. The van der Waals surface area contributed by atoms with Crippen molar-refractivity contribution >= 4 is 11.9 Å². The molecule has 1 N–H and O–H groups in total. The second kappa shape index (κ2) is 17.4. The molecule has 0 radical (unpaired) electrons. The zero-order valence-electron chi connectivity index (χ0n) is 17.4. The fraction of sp³-hybridized carbons (Fsp3) is 0.909. The van der Waals surface area contributed by atoms with Crippen LogP contribution in [-0.4, -0.2) is 23.7 Å². The summed E-state index contributed by atoms with van der Waals surface area (Å²) in [4.78, 5) is 22.4. The number of aliphatic carboxylic acids is 1. The van der Waals surface area contributed by atoms with Crippen molar-refractivity contribution in [2.75, 3.05) is 6.61 Å². The molecule has 0 fully saturated rings. The molecule has 0 rings (SSSR count). The number of hydrogen-bond acceptors (Lipinski definition) is 3. The summed E-state index contributed by atoms with van der Waals surface area (Å²) in [7, 11) is 0. The Morgan fingerprint density at radius 2 is 1.50 bits per heavy atom. The third-order valence-corrected chi connectivity index (χ3v) is 5.12. The zero-order chi connectivity index (χ0) is 19.6. The van der Waals surface area contributed by atoms with Gasteiger partial charge in [-0.15, -0.1) is 0 Å². The van der Waals surface area contributed by atoms with Gasteiger partial charge in [0.15, 0.2) is 0 Å². The Morgan fingerprint density at radius 1 is 0.885 bits per heavy atom. The van der Waals surface area contributed by atoms with E-state index in [0.717, 1.165) is 38.5 Å². The lowest BCUT2D eigenvalue weighted by atomic mass is 9.99. The first-order chi connectivity index (χ1) is 12.5. The van der Waals surface area contributed by atoms with Crippen LogP contribution in [0.15, 0.2) is 0 Å². The van der Waals surface area contributed by atoms with Gasteiger partial charge in [-0.3, -0.25) is 9.59 Å². The first-order valence-corrected chi connectivity index (χ1v) is 10.9. The Hall–Kier alpha value is -1.06. The highest BCUT2D eigenvalue weighted by molar-refractivity contribution is 5.69. The number of hydrogen-bond donors (Lipinski definition) is 1. The van der Waals surface area contributed by atoms with E-state index in [2.05, 4.69) is 13.8 Å².